The molecule has 8 nitrogen and oxygen atoms in total. The van der Waals surface area contributed by atoms with Crippen LogP contribution in [0, 0.1) is 13.8 Å². The summed E-state index contributed by atoms with van der Waals surface area (Å²) in [5, 5.41) is 29.7. The molecule has 3 atom stereocenters. The predicted octanol–water partition coefficient (Wildman–Crippen LogP) is 1.26. The Labute approximate surface area is 139 Å². The molecule has 1 aliphatic carbocycles. The summed E-state index contributed by atoms with van der Waals surface area (Å²) in [6.07, 6.45) is 3.93. The highest BCUT2D eigenvalue weighted by molar-refractivity contribution is 5.41. The highest BCUT2D eigenvalue weighted by Crippen LogP contribution is 2.34. The number of nitrogens with zero attached hydrogens (tertiary/aromatic N) is 6. The van der Waals surface area contributed by atoms with Crippen molar-refractivity contribution in [1.82, 2.24) is 30.0 Å². The maximum Gasteiger partial charge on any atom is 0.248 e. The Morgan fingerprint density at radius 3 is 2.62 bits per heavy atom. The Kier molecular flexibility index (Phi) is 3.53. The number of tetrazole rings is 1. The first-order valence-corrected chi connectivity index (χ1v) is 7.92. The van der Waals surface area contributed by atoms with Crippen LogP contribution in [0.15, 0.2) is 36.7 Å². The summed E-state index contributed by atoms with van der Waals surface area (Å²) >= 11 is 0. The van der Waals surface area contributed by atoms with Gasteiger partial charge in [-0.1, -0.05) is 22.8 Å². The van der Waals surface area contributed by atoms with Crippen molar-refractivity contribution in [2.75, 3.05) is 5.32 Å². The average Bonchev–Trinajstić information content (AvgIpc) is 3.17. The zero-order chi connectivity index (χ0) is 16.7. The number of aromatic nitrogens is 6. The van der Waals surface area contributed by atoms with Crippen molar-refractivity contribution in [3.8, 4) is 5.69 Å². The molecule has 124 valence electrons. The molecular weight excluding hydrogens is 306 g/mol. The minimum atomic E-state index is -0.425. The van der Waals surface area contributed by atoms with Crippen molar-refractivity contribution in [1.29, 1.82) is 0 Å². The summed E-state index contributed by atoms with van der Waals surface area (Å²) in [5.74, 6) is 0.560. The van der Waals surface area contributed by atoms with E-state index in [4.69, 9.17) is 0 Å². The van der Waals surface area contributed by atoms with Crippen LogP contribution < -0.4 is 5.32 Å². The summed E-state index contributed by atoms with van der Waals surface area (Å²) < 4.78 is 3.47. The van der Waals surface area contributed by atoms with E-state index in [-0.39, 0.29) is 12.1 Å². The van der Waals surface area contributed by atoms with Gasteiger partial charge in [0.15, 0.2) is 0 Å². The molecule has 0 amide bonds. The third-order valence-corrected chi connectivity index (χ3v) is 4.40. The number of rotatable bonds is 4. The van der Waals surface area contributed by atoms with E-state index in [2.05, 4.69) is 25.9 Å². The minimum Gasteiger partial charge on any atom is -0.391 e. The first kappa shape index (κ1) is 14.8. The molecule has 0 spiro atoms. The molecule has 4 rings (SSSR count). The van der Waals surface area contributed by atoms with Crippen LogP contribution in [-0.2, 0) is 0 Å². The van der Waals surface area contributed by atoms with Crippen molar-refractivity contribution in [2.45, 2.75) is 38.5 Å². The molecule has 0 saturated heterocycles. The Morgan fingerprint density at radius 1 is 1.17 bits per heavy atom. The van der Waals surface area contributed by atoms with Crippen LogP contribution in [0.2, 0.25) is 0 Å². The van der Waals surface area contributed by atoms with Crippen molar-refractivity contribution >= 4 is 5.95 Å². The first-order chi connectivity index (χ1) is 11.6. The average molecular weight is 325 g/mol. The molecule has 2 aromatic heterocycles. The molecule has 1 aromatic carbocycles. The maximum absolute atomic E-state index is 10.1. The van der Waals surface area contributed by atoms with Gasteiger partial charge < -0.3 is 10.4 Å². The van der Waals surface area contributed by atoms with Gasteiger partial charge in [-0.2, -0.15) is 9.78 Å². The lowest BCUT2D eigenvalue weighted by molar-refractivity contribution is 0.0131. The summed E-state index contributed by atoms with van der Waals surface area (Å²) in [6, 6.07) is 7.88. The first-order valence-electron chi connectivity index (χ1n) is 7.92. The third kappa shape index (κ3) is 2.54. The zero-order valence-corrected chi connectivity index (χ0v) is 13.5. The van der Waals surface area contributed by atoms with E-state index < -0.39 is 6.10 Å². The van der Waals surface area contributed by atoms with Crippen molar-refractivity contribution < 1.29 is 5.11 Å². The zero-order valence-electron chi connectivity index (χ0n) is 13.5. The summed E-state index contributed by atoms with van der Waals surface area (Å²) in [5.41, 5.74) is 3.13. The number of hydrogen-bond acceptors (Lipinski definition) is 6. The monoisotopic (exact) mass is 325 g/mol. The maximum atomic E-state index is 10.1. The van der Waals surface area contributed by atoms with E-state index in [0.717, 1.165) is 11.3 Å². The molecule has 8 heteroatoms. The third-order valence-electron chi connectivity index (χ3n) is 4.40. The van der Waals surface area contributed by atoms with E-state index in [9.17, 15) is 5.11 Å². The number of aliphatic hydroxyl groups is 1. The molecule has 3 aromatic rings. The van der Waals surface area contributed by atoms with Crippen LogP contribution in [0.4, 0.5) is 5.95 Å². The minimum absolute atomic E-state index is 0.0227. The second-order valence-electron chi connectivity index (χ2n) is 6.29. The normalized spacial score (nSPS) is 23.0. The van der Waals surface area contributed by atoms with Crippen molar-refractivity contribution in [3.05, 3.63) is 47.8 Å². The fourth-order valence-electron chi connectivity index (χ4n) is 3.02. The molecule has 0 unspecified atom stereocenters. The van der Waals surface area contributed by atoms with Crippen LogP contribution in [-0.4, -0.2) is 47.2 Å². The standard InChI is InChI=1S/C16H19N7O/c1-10-3-5-12(6-4-10)23-16(19-20-21-23)18-13-7-14(24)15(13)22-9-11(2)8-17-22/h3-6,8-9,13-15,24H,7H2,1-2H3,(H,18,19,21)/t13-,14+,15+/m0/s1. The molecule has 2 heterocycles. The molecular formula is C16H19N7O. The van der Waals surface area contributed by atoms with Gasteiger partial charge >= 0.3 is 0 Å². The topological polar surface area (TPSA) is 93.7 Å². The second kappa shape index (κ2) is 5.72. The molecule has 1 aliphatic rings. The molecule has 1 saturated carbocycles. The van der Waals surface area contributed by atoms with Gasteiger partial charge in [0.05, 0.1) is 30.1 Å². The quantitative estimate of drug-likeness (QED) is 0.750. The lowest BCUT2D eigenvalue weighted by Crippen LogP contribution is -2.51. The summed E-state index contributed by atoms with van der Waals surface area (Å²) in [6.45, 7) is 4.02. The van der Waals surface area contributed by atoms with E-state index in [1.807, 2.05) is 44.3 Å². The highest BCUT2D eigenvalue weighted by atomic mass is 16.3. The van der Waals surface area contributed by atoms with Crippen LogP contribution >= 0.6 is 0 Å². The lowest BCUT2D eigenvalue weighted by Gasteiger charge is -2.41. The number of aryl methyl sites for hydroxylation is 2. The molecule has 1 fully saturated rings. The highest BCUT2D eigenvalue weighted by Gasteiger charge is 2.42. The van der Waals surface area contributed by atoms with E-state index >= 15 is 0 Å². The smallest absolute Gasteiger partial charge is 0.248 e. The molecule has 0 radical (unpaired) electrons. The largest absolute Gasteiger partial charge is 0.391 e. The fraction of sp³-hybridized carbons (Fsp3) is 0.375. The lowest BCUT2D eigenvalue weighted by atomic mass is 9.83. The number of benzene rings is 1. The molecule has 24 heavy (non-hydrogen) atoms. The van der Waals surface area contributed by atoms with Crippen LogP contribution in [0.3, 0.4) is 0 Å². The van der Waals surface area contributed by atoms with Gasteiger partial charge in [0.1, 0.15) is 0 Å². The SMILES string of the molecule is Cc1ccc(-n2nnnc2N[C@H]2C[C@@H](O)[C@@H]2n2cc(C)cn2)cc1. The fourth-order valence-corrected chi connectivity index (χ4v) is 3.02. The molecule has 2 N–H and O–H groups in total. The van der Waals surface area contributed by atoms with Gasteiger partial charge in [0, 0.05) is 6.20 Å². The van der Waals surface area contributed by atoms with Crippen LogP contribution in [0.1, 0.15) is 23.6 Å². The van der Waals surface area contributed by atoms with Crippen molar-refractivity contribution in [2.24, 2.45) is 0 Å². The van der Waals surface area contributed by atoms with Gasteiger partial charge in [0.2, 0.25) is 5.95 Å². The summed E-state index contributed by atoms with van der Waals surface area (Å²) in [7, 11) is 0. The number of anilines is 1. The van der Waals surface area contributed by atoms with E-state index in [1.165, 1.54) is 5.56 Å². The summed E-state index contributed by atoms with van der Waals surface area (Å²) in [4.78, 5) is 0. The molecule has 0 aliphatic heterocycles. The number of aliphatic hydroxyl groups excluding tert-OH is 1. The Bertz CT molecular complexity index is 838. The van der Waals surface area contributed by atoms with Gasteiger partial charge in [-0.3, -0.25) is 4.68 Å². The number of nitrogens with one attached hydrogen (secondary N) is 1. The van der Waals surface area contributed by atoms with E-state index in [1.54, 1.807) is 15.6 Å². The Balaban J connectivity index is 1.56. The Morgan fingerprint density at radius 2 is 1.96 bits per heavy atom. The molecule has 0 bridgehead atoms. The van der Waals surface area contributed by atoms with E-state index in [0.29, 0.717) is 12.4 Å². The van der Waals surface area contributed by atoms with Gasteiger partial charge in [-0.15, -0.1) is 0 Å². The van der Waals surface area contributed by atoms with Gasteiger partial charge in [-0.05, 0) is 48.4 Å². The van der Waals surface area contributed by atoms with Crippen LogP contribution in [0.5, 0.6) is 0 Å². The van der Waals surface area contributed by atoms with Crippen molar-refractivity contribution in [3.63, 3.8) is 0 Å². The Hall–Kier alpha value is -2.74. The van der Waals surface area contributed by atoms with Gasteiger partial charge in [-0.25, -0.2) is 0 Å². The van der Waals surface area contributed by atoms with Crippen LogP contribution in [0.25, 0.3) is 5.69 Å². The van der Waals surface area contributed by atoms with Gasteiger partial charge in [0.25, 0.3) is 0 Å². The number of hydrogen-bond donors (Lipinski definition) is 2. The predicted molar refractivity (Wildman–Crippen MR) is 87.9 cm³/mol. The second-order valence-corrected chi connectivity index (χ2v) is 6.29.